The molecule has 7 nitrogen and oxygen atoms in total. The average Bonchev–Trinajstić information content (AvgIpc) is 2.66. The van der Waals surface area contributed by atoms with E-state index in [-0.39, 0.29) is 17.5 Å². The summed E-state index contributed by atoms with van der Waals surface area (Å²) >= 11 is 12.1. The van der Waals surface area contributed by atoms with E-state index < -0.39 is 0 Å². The molecule has 2 heterocycles. The van der Waals surface area contributed by atoms with Crippen LogP contribution in [0.25, 0.3) is 0 Å². The number of carbonyl (C=O) groups excluding carboxylic acids is 1. The van der Waals surface area contributed by atoms with Crippen molar-refractivity contribution in [3.63, 3.8) is 0 Å². The summed E-state index contributed by atoms with van der Waals surface area (Å²) in [6.45, 7) is 4.58. The zero-order valence-electron chi connectivity index (χ0n) is 14.0. The largest absolute Gasteiger partial charge is 0.379 e. The highest BCUT2D eigenvalue weighted by Crippen LogP contribution is 2.27. The lowest BCUT2D eigenvalue weighted by molar-refractivity contribution is 0.0383. The number of nitrogens with zero attached hydrogens (tertiary/aromatic N) is 3. The summed E-state index contributed by atoms with van der Waals surface area (Å²) < 4.78 is 5.30. The van der Waals surface area contributed by atoms with Crippen molar-refractivity contribution < 1.29 is 9.53 Å². The van der Waals surface area contributed by atoms with Gasteiger partial charge >= 0.3 is 0 Å². The molecule has 0 aliphatic carbocycles. The lowest BCUT2D eigenvalue weighted by Gasteiger charge is -2.26. The summed E-state index contributed by atoms with van der Waals surface area (Å²) in [5.74, 6) is 0.0240. The Bertz CT molecular complexity index is 769. The van der Waals surface area contributed by atoms with Crippen LogP contribution in [0.4, 0.5) is 11.6 Å². The van der Waals surface area contributed by atoms with E-state index in [0.29, 0.717) is 22.3 Å². The second kappa shape index (κ2) is 9.14. The van der Waals surface area contributed by atoms with Crippen molar-refractivity contribution in [2.45, 2.75) is 0 Å². The van der Waals surface area contributed by atoms with Crippen molar-refractivity contribution in [1.29, 1.82) is 0 Å². The topological polar surface area (TPSA) is 79.4 Å². The van der Waals surface area contributed by atoms with Crippen LogP contribution in [-0.2, 0) is 4.74 Å². The zero-order valence-corrected chi connectivity index (χ0v) is 15.6. The van der Waals surface area contributed by atoms with Crippen LogP contribution < -0.4 is 10.6 Å². The van der Waals surface area contributed by atoms with Crippen molar-refractivity contribution in [3.8, 4) is 0 Å². The number of aromatic nitrogens is 2. The van der Waals surface area contributed by atoms with Crippen LogP contribution >= 0.6 is 23.2 Å². The summed E-state index contributed by atoms with van der Waals surface area (Å²) in [4.78, 5) is 22.9. The number of anilines is 2. The molecule has 1 amide bonds. The number of carbonyl (C=O) groups is 1. The van der Waals surface area contributed by atoms with Gasteiger partial charge in [0, 0.05) is 37.4 Å². The number of amides is 1. The van der Waals surface area contributed by atoms with Gasteiger partial charge in [-0.2, -0.15) is 0 Å². The number of morpholine rings is 1. The van der Waals surface area contributed by atoms with E-state index in [1.165, 1.54) is 6.20 Å². The van der Waals surface area contributed by atoms with Crippen molar-refractivity contribution in [2.24, 2.45) is 0 Å². The Morgan fingerprint density at radius 1 is 1.23 bits per heavy atom. The van der Waals surface area contributed by atoms with Crippen LogP contribution in [0.5, 0.6) is 0 Å². The predicted molar refractivity (Wildman–Crippen MR) is 101 cm³/mol. The van der Waals surface area contributed by atoms with E-state index in [4.69, 9.17) is 27.9 Å². The molecule has 1 aliphatic heterocycles. The molecule has 0 saturated carbocycles. The van der Waals surface area contributed by atoms with Gasteiger partial charge in [0.1, 0.15) is 5.69 Å². The van der Waals surface area contributed by atoms with E-state index in [9.17, 15) is 4.79 Å². The maximum Gasteiger partial charge on any atom is 0.270 e. The quantitative estimate of drug-likeness (QED) is 0.782. The van der Waals surface area contributed by atoms with Crippen molar-refractivity contribution in [1.82, 2.24) is 20.2 Å². The Kier molecular flexibility index (Phi) is 6.62. The highest BCUT2D eigenvalue weighted by molar-refractivity contribution is 6.35. The first-order valence-electron chi connectivity index (χ1n) is 8.25. The summed E-state index contributed by atoms with van der Waals surface area (Å²) in [7, 11) is 0. The first-order chi connectivity index (χ1) is 12.6. The van der Waals surface area contributed by atoms with Gasteiger partial charge in [-0.1, -0.05) is 23.2 Å². The molecule has 0 bridgehead atoms. The van der Waals surface area contributed by atoms with E-state index >= 15 is 0 Å². The van der Waals surface area contributed by atoms with E-state index in [1.807, 2.05) is 0 Å². The lowest BCUT2D eigenvalue weighted by Crippen LogP contribution is -2.41. The molecule has 1 saturated heterocycles. The van der Waals surface area contributed by atoms with Gasteiger partial charge in [-0.15, -0.1) is 0 Å². The predicted octanol–water partition coefficient (Wildman–Crippen LogP) is 2.59. The Hall–Kier alpha value is -1.93. The third-order valence-electron chi connectivity index (χ3n) is 3.88. The fraction of sp³-hybridized carbons (Fsp3) is 0.353. The molecular weight excluding hydrogens is 377 g/mol. The Morgan fingerprint density at radius 2 is 2.04 bits per heavy atom. The highest BCUT2D eigenvalue weighted by atomic mass is 35.5. The van der Waals surface area contributed by atoms with Gasteiger partial charge in [-0.05, 0) is 24.3 Å². The Balaban J connectivity index is 1.57. The number of rotatable bonds is 6. The van der Waals surface area contributed by atoms with Gasteiger partial charge in [0.15, 0.2) is 0 Å². The monoisotopic (exact) mass is 395 g/mol. The minimum absolute atomic E-state index is 0.249. The van der Waals surface area contributed by atoms with Gasteiger partial charge in [0.2, 0.25) is 5.95 Å². The normalized spacial score (nSPS) is 14.8. The molecule has 1 aromatic heterocycles. The van der Waals surface area contributed by atoms with Crippen molar-refractivity contribution in [2.75, 3.05) is 44.7 Å². The summed E-state index contributed by atoms with van der Waals surface area (Å²) in [5, 5.41) is 6.87. The van der Waals surface area contributed by atoms with Crippen LogP contribution in [0.15, 0.2) is 30.5 Å². The van der Waals surface area contributed by atoms with Crippen LogP contribution in [0, 0.1) is 0 Å². The molecule has 0 spiro atoms. The Labute approximate surface area is 161 Å². The molecule has 138 valence electrons. The molecule has 0 radical (unpaired) electrons. The molecule has 2 aromatic rings. The smallest absolute Gasteiger partial charge is 0.270 e. The van der Waals surface area contributed by atoms with Gasteiger partial charge in [0.05, 0.1) is 23.9 Å². The third-order valence-corrected chi connectivity index (χ3v) is 4.45. The first-order valence-corrected chi connectivity index (χ1v) is 9.01. The lowest BCUT2D eigenvalue weighted by atomic mass is 10.3. The second-order valence-corrected chi connectivity index (χ2v) is 6.57. The van der Waals surface area contributed by atoms with Gasteiger partial charge in [-0.3, -0.25) is 9.69 Å². The van der Waals surface area contributed by atoms with Gasteiger partial charge < -0.3 is 15.4 Å². The molecule has 1 fully saturated rings. The molecule has 1 aromatic carbocycles. The minimum Gasteiger partial charge on any atom is -0.379 e. The molecule has 0 unspecified atom stereocenters. The fourth-order valence-electron chi connectivity index (χ4n) is 2.50. The minimum atomic E-state index is -0.249. The number of hydrogen-bond donors (Lipinski definition) is 2. The zero-order chi connectivity index (χ0) is 18.4. The van der Waals surface area contributed by atoms with Crippen molar-refractivity contribution in [3.05, 3.63) is 46.2 Å². The molecule has 3 rings (SSSR count). The van der Waals surface area contributed by atoms with Crippen LogP contribution in [-0.4, -0.2) is 60.2 Å². The summed E-state index contributed by atoms with van der Waals surface area (Å²) in [5.41, 5.74) is 0.853. The number of benzene rings is 1. The van der Waals surface area contributed by atoms with Crippen LogP contribution in [0.2, 0.25) is 10.0 Å². The molecule has 1 aliphatic rings. The van der Waals surface area contributed by atoms with E-state index in [2.05, 4.69) is 25.5 Å². The average molecular weight is 396 g/mol. The SMILES string of the molecule is O=C(NCCN1CCOCC1)c1ccnc(Nc2cc(Cl)ccc2Cl)n1. The fourth-order valence-corrected chi connectivity index (χ4v) is 2.84. The van der Waals surface area contributed by atoms with Gasteiger partial charge in [-0.25, -0.2) is 9.97 Å². The standard InChI is InChI=1S/C17H19Cl2N5O2/c18-12-1-2-13(19)15(11-12)23-17-21-4-3-14(22-17)16(25)20-5-6-24-7-9-26-10-8-24/h1-4,11H,5-10H2,(H,20,25)(H,21,22,23). The molecule has 26 heavy (non-hydrogen) atoms. The van der Waals surface area contributed by atoms with Gasteiger partial charge in [0.25, 0.3) is 5.91 Å². The van der Waals surface area contributed by atoms with Crippen LogP contribution in [0.3, 0.4) is 0 Å². The maximum absolute atomic E-state index is 12.3. The van der Waals surface area contributed by atoms with E-state index in [0.717, 1.165) is 32.8 Å². The molecule has 0 atom stereocenters. The Morgan fingerprint density at radius 3 is 2.85 bits per heavy atom. The summed E-state index contributed by atoms with van der Waals surface area (Å²) in [6.07, 6.45) is 1.52. The van der Waals surface area contributed by atoms with E-state index in [1.54, 1.807) is 24.3 Å². The van der Waals surface area contributed by atoms with Crippen LogP contribution in [0.1, 0.15) is 10.5 Å². The first kappa shape index (κ1) is 18.8. The maximum atomic E-state index is 12.3. The number of hydrogen-bond acceptors (Lipinski definition) is 6. The summed E-state index contributed by atoms with van der Waals surface area (Å²) in [6, 6.07) is 6.60. The molecule has 2 N–H and O–H groups in total. The molecular formula is C17H19Cl2N5O2. The number of halogens is 2. The third kappa shape index (κ3) is 5.28. The molecule has 9 heteroatoms. The second-order valence-electron chi connectivity index (χ2n) is 5.72. The number of nitrogens with one attached hydrogen (secondary N) is 2. The van der Waals surface area contributed by atoms with Crippen molar-refractivity contribution >= 4 is 40.7 Å². The highest BCUT2D eigenvalue weighted by Gasteiger charge is 2.12. The number of ether oxygens (including phenoxy) is 1.